The third-order valence-corrected chi connectivity index (χ3v) is 3.19. The van der Waals surface area contributed by atoms with Crippen LogP contribution in [0.2, 0.25) is 0 Å². The second kappa shape index (κ2) is 6.78. The fourth-order valence-corrected chi connectivity index (χ4v) is 2.02. The van der Waals surface area contributed by atoms with Gasteiger partial charge in [0, 0.05) is 18.8 Å². The molecule has 1 aromatic carbocycles. The summed E-state index contributed by atoms with van der Waals surface area (Å²) in [6.07, 6.45) is -2.80. The van der Waals surface area contributed by atoms with Gasteiger partial charge in [-0.15, -0.1) is 0 Å². The van der Waals surface area contributed by atoms with E-state index in [0.29, 0.717) is 6.61 Å². The Balaban J connectivity index is 1.84. The van der Waals surface area contributed by atoms with Crippen LogP contribution in [0, 0.1) is 0 Å². The van der Waals surface area contributed by atoms with E-state index in [1.807, 2.05) is 0 Å². The smallest absolute Gasteiger partial charge is 0.376 e. The molecular formula is C14H15F3N2O3. The van der Waals surface area contributed by atoms with Gasteiger partial charge in [0.15, 0.2) is 0 Å². The monoisotopic (exact) mass is 316 g/mol. The Morgan fingerprint density at radius 2 is 1.86 bits per heavy atom. The van der Waals surface area contributed by atoms with Crippen LogP contribution in [0.15, 0.2) is 24.3 Å². The lowest BCUT2D eigenvalue weighted by atomic mass is 10.2. The number of carbonyl (C=O) groups is 2. The van der Waals surface area contributed by atoms with Crippen molar-refractivity contribution < 1.29 is 27.5 Å². The molecule has 2 N–H and O–H groups in total. The number of alkyl halides is 3. The molecule has 2 amide bonds. The SMILES string of the molecule is O=C(NC[C@H]1CCCO1)C(=O)Nc1ccc(C(F)(F)F)cc1. The van der Waals surface area contributed by atoms with E-state index in [1.54, 1.807) is 0 Å². The zero-order valence-electron chi connectivity index (χ0n) is 11.6. The van der Waals surface area contributed by atoms with Crippen LogP contribution in [0.1, 0.15) is 18.4 Å². The quantitative estimate of drug-likeness (QED) is 0.838. The number of hydrogen-bond donors (Lipinski definition) is 2. The molecule has 1 fully saturated rings. The van der Waals surface area contributed by atoms with E-state index in [-0.39, 0.29) is 18.3 Å². The van der Waals surface area contributed by atoms with Gasteiger partial charge < -0.3 is 15.4 Å². The van der Waals surface area contributed by atoms with Gasteiger partial charge in [-0.1, -0.05) is 0 Å². The van der Waals surface area contributed by atoms with Crippen LogP contribution in [0.4, 0.5) is 18.9 Å². The molecule has 1 heterocycles. The number of anilines is 1. The Bertz CT molecular complexity index is 537. The standard InChI is InChI=1S/C14H15F3N2O3/c15-14(16,17)9-3-5-10(6-4-9)19-13(21)12(20)18-8-11-2-1-7-22-11/h3-6,11H,1-2,7-8H2,(H,18,20)(H,19,21)/t11-/m1/s1. The minimum Gasteiger partial charge on any atom is -0.376 e. The van der Waals surface area contributed by atoms with Crippen molar-refractivity contribution >= 4 is 17.5 Å². The van der Waals surface area contributed by atoms with Crippen LogP contribution in [0.3, 0.4) is 0 Å². The maximum Gasteiger partial charge on any atom is 0.416 e. The third kappa shape index (κ3) is 4.45. The first-order chi connectivity index (χ1) is 10.4. The van der Waals surface area contributed by atoms with Gasteiger partial charge in [-0.2, -0.15) is 13.2 Å². The molecule has 0 unspecified atom stereocenters. The van der Waals surface area contributed by atoms with Crippen molar-refractivity contribution in [2.75, 3.05) is 18.5 Å². The van der Waals surface area contributed by atoms with E-state index in [0.717, 1.165) is 37.1 Å². The van der Waals surface area contributed by atoms with Crippen LogP contribution in [0.5, 0.6) is 0 Å². The highest BCUT2D eigenvalue weighted by molar-refractivity contribution is 6.39. The Labute approximate surface area is 124 Å². The summed E-state index contributed by atoms with van der Waals surface area (Å²) in [4.78, 5) is 23.2. The summed E-state index contributed by atoms with van der Waals surface area (Å²) in [5, 5.41) is 4.66. The van der Waals surface area contributed by atoms with Gasteiger partial charge in [0.05, 0.1) is 11.7 Å². The van der Waals surface area contributed by atoms with Gasteiger partial charge in [0.2, 0.25) is 0 Å². The van der Waals surface area contributed by atoms with Crippen LogP contribution >= 0.6 is 0 Å². The number of carbonyl (C=O) groups excluding carboxylic acids is 2. The number of halogens is 3. The van der Waals surface area contributed by atoms with Crippen molar-refractivity contribution in [2.45, 2.75) is 25.1 Å². The highest BCUT2D eigenvalue weighted by atomic mass is 19.4. The molecule has 0 spiro atoms. The molecule has 120 valence electrons. The minimum atomic E-state index is -4.44. The van der Waals surface area contributed by atoms with Crippen molar-refractivity contribution in [3.63, 3.8) is 0 Å². The number of hydrogen-bond acceptors (Lipinski definition) is 3. The van der Waals surface area contributed by atoms with Crippen LogP contribution in [-0.2, 0) is 20.5 Å². The molecule has 8 heteroatoms. The predicted octanol–water partition coefficient (Wildman–Crippen LogP) is 1.94. The number of benzene rings is 1. The summed E-state index contributed by atoms with van der Waals surface area (Å²) in [5.41, 5.74) is -0.710. The first-order valence-corrected chi connectivity index (χ1v) is 6.74. The molecule has 1 aliphatic heterocycles. The molecule has 0 bridgehead atoms. The third-order valence-electron chi connectivity index (χ3n) is 3.19. The van der Waals surface area contributed by atoms with E-state index in [1.165, 1.54) is 0 Å². The molecule has 1 saturated heterocycles. The maximum absolute atomic E-state index is 12.4. The highest BCUT2D eigenvalue weighted by Crippen LogP contribution is 2.29. The van der Waals surface area contributed by atoms with Gasteiger partial charge in [0.25, 0.3) is 0 Å². The van der Waals surface area contributed by atoms with Crippen LogP contribution in [-0.4, -0.2) is 31.1 Å². The van der Waals surface area contributed by atoms with Crippen LogP contribution < -0.4 is 10.6 Å². The number of nitrogens with one attached hydrogen (secondary N) is 2. The average molecular weight is 316 g/mol. The van der Waals surface area contributed by atoms with Gasteiger partial charge in [0.1, 0.15) is 0 Å². The molecular weight excluding hydrogens is 301 g/mol. The number of amides is 2. The molecule has 1 atom stereocenters. The Morgan fingerprint density at radius 3 is 2.41 bits per heavy atom. The molecule has 0 aliphatic carbocycles. The Morgan fingerprint density at radius 1 is 1.18 bits per heavy atom. The van der Waals surface area contributed by atoms with Gasteiger partial charge in [-0.25, -0.2) is 0 Å². The lowest BCUT2D eigenvalue weighted by Gasteiger charge is -2.11. The summed E-state index contributed by atoms with van der Waals surface area (Å²) in [6, 6.07) is 3.85. The summed E-state index contributed by atoms with van der Waals surface area (Å²) in [5.74, 6) is -1.78. The molecule has 1 aromatic rings. The zero-order chi connectivity index (χ0) is 16.2. The van der Waals surface area contributed by atoms with Crippen molar-refractivity contribution in [2.24, 2.45) is 0 Å². The normalized spacial score (nSPS) is 18.0. The summed E-state index contributed by atoms with van der Waals surface area (Å²) in [6.45, 7) is 0.873. The molecule has 0 aromatic heterocycles. The molecule has 1 aliphatic rings. The highest BCUT2D eigenvalue weighted by Gasteiger charge is 2.30. The van der Waals surface area contributed by atoms with Crippen molar-refractivity contribution in [1.29, 1.82) is 0 Å². The first kappa shape index (κ1) is 16.3. The molecule has 5 nitrogen and oxygen atoms in total. The summed E-state index contributed by atoms with van der Waals surface area (Å²) < 4.78 is 42.5. The second-order valence-corrected chi connectivity index (χ2v) is 4.87. The van der Waals surface area contributed by atoms with Crippen molar-refractivity contribution in [3.05, 3.63) is 29.8 Å². The number of rotatable bonds is 3. The predicted molar refractivity (Wildman–Crippen MR) is 72.1 cm³/mol. The summed E-state index contributed by atoms with van der Waals surface area (Å²) >= 11 is 0. The first-order valence-electron chi connectivity index (χ1n) is 6.74. The zero-order valence-corrected chi connectivity index (χ0v) is 11.6. The molecule has 22 heavy (non-hydrogen) atoms. The fraction of sp³-hybridized carbons (Fsp3) is 0.429. The van der Waals surface area contributed by atoms with E-state index in [9.17, 15) is 22.8 Å². The minimum absolute atomic E-state index is 0.0946. The molecule has 0 saturated carbocycles. The fourth-order valence-electron chi connectivity index (χ4n) is 2.02. The van der Waals surface area contributed by atoms with E-state index < -0.39 is 23.6 Å². The van der Waals surface area contributed by atoms with E-state index in [4.69, 9.17) is 4.74 Å². The molecule has 2 rings (SSSR count). The van der Waals surface area contributed by atoms with E-state index in [2.05, 4.69) is 10.6 Å². The van der Waals surface area contributed by atoms with Crippen molar-refractivity contribution in [3.8, 4) is 0 Å². The molecule has 0 radical (unpaired) electrons. The largest absolute Gasteiger partial charge is 0.416 e. The lowest BCUT2D eigenvalue weighted by Crippen LogP contribution is -2.39. The topological polar surface area (TPSA) is 67.4 Å². The number of ether oxygens (including phenoxy) is 1. The van der Waals surface area contributed by atoms with Crippen molar-refractivity contribution in [1.82, 2.24) is 5.32 Å². The van der Waals surface area contributed by atoms with Crippen LogP contribution in [0.25, 0.3) is 0 Å². The second-order valence-electron chi connectivity index (χ2n) is 4.87. The van der Waals surface area contributed by atoms with Gasteiger partial charge >= 0.3 is 18.0 Å². The van der Waals surface area contributed by atoms with Gasteiger partial charge in [-0.3, -0.25) is 9.59 Å². The summed E-state index contributed by atoms with van der Waals surface area (Å²) in [7, 11) is 0. The van der Waals surface area contributed by atoms with E-state index >= 15 is 0 Å². The Kier molecular flexibility index (Phi) is 5.02. The maximum atomic E-state index is 12.4. The van der Waals surface area contributed by atoms with Gasteiger partial charge in [-0.05, 0) is 37.1 Å². The average Bonchev–Trinajstić information content (AvgIpc) is 2.97. The Hall–Kier alpha value is -2.09. The lowest BCUT2D eigenvalue weighted by molar-refractivity contribution is -0.137.